The normalized spacial score (nSPS) is 17.5. The third kappa shape index (κ3) is 8.88. The van der Waals surface area contributed by atoms with Gasteiger partial charge in [0.1, 0.15) is 42.5 Å². The molecular weight excluding hydrogens is 595 g/mol. The molecule has 2 fully saturated rings. The lowest BCUT2D eigenvalue weighted by Crippen LogP contribution is -2.13. The topological polar surface area (TPSA) is 96.1 Å². The highest BCUT2D eigenvalue weighted by Gasteiger charge is 2.35. The van der Waals surface area contributed by atoms with E-state index in [1.54, 1.807) is 0 Å². The van der Waals surface area contributed by atoms with Crippen LogP contribution in [0.1, 0.15) is 16.7 Å². The highest BCUT2D eigenvalue weighted by molar-refractivity contribution is 5.90. The first-order valence-corrected chi connectivity index (χ1v) is 13.1. The molecule has 8 nitrogen and oxygen atoms in total. The molecule has 3 aromatic carbocycles. The summed E-state index contributed by atoms with van der Waals surface area (Å²) in [5, 5.41) is 0. The number of alkyl halides is 3. The molecule has 0 N–H and O–H groups in total. The van der Waals surface area contributed by atoms with Crippen LogP contribution in [0.25, 0.3) is 12.2 Å². The zero-order chi connectivity index (χ0) is 31.3. The zero-order valence-corrected chi connectivity index (χ0v) is 22.6. The summed E-state index contributed by atoms with van der Waals surface area (Å²) in [6.45, 7) is 1.49. The number of hydrogen-bond acceptors (Lipinski definition) is 8. The quantitative estimate of drug-likeness (QED) is 0.0830. The van der Waals surface area contributed by atoms with Gasteiger partial charge in [-0.3, -0.25) is 0 Å². The maximum Gasteiger partial charge on any atom is 0.420 e. The second-order valence-electron chi connectivity index (χ2n) is 9.58. The first-order chi connectivity index (χ1) is 21.0. The molecule has 2 unspecified atom stereocenters. The van der Waals surface area contributed by atoms with Crippen LogP contribution in [0.2, 0.25) is 0 Å². The lowest BCUT2D eigenvalue weighted by atomic mass is 10.1. The molecule has 2 atom stereocenters. The Balaban J connectivity index is 1.19. The van der Waals surface area contributed by atoms with Gasteiger partial charge >= 0.3 is 18.1 Å². The van der Waals surface area contributed by atoms with Crippen LogP contribution in [-0.2, 0) is 25.2 Å². The summed E-state index contributed by atoms with van der Waals surface area (Å²) in [7, 11) is 0. The summed E-state index contributed by atoms with van der Waals surface area (Å²) in [6.07, 6.45) is -1.01. The van der Waals surface area contributed by atoms with E-state index in [1.807, 2.05) is 0 Å². The van der Waals surface area contributed by atoms with Crippen LogP contribution in [0.15, 0.2) is 66.7 Å². The van der Waals surface area contributed by atoms with Gasteiger partial charge in [-0.1, -0.05) is 12.1 Å². The van der Waals surface area contributed by atoms with Gasteiger partial charge in [0, 0.05) is 12.2 Å². The average molecular weight is 619 g/mol. The molecule has 2 aliphatic rings. The molecule has 0 bridgehead atoms. The maximum absolute atomic E-state index is 14.2. The minimum Gasteiger partial charge on any atom is -0.488 e. The van der Waals surface area contributed by atoms with Crippen LogP contribution >= 0.6 is 0 Å². The smallest absolute Gasteiger partial charge is 0.420 e. The SMILES string of the molecule is O=C(C=Cc1ccc(OCC2CO2)c(F)c1)Oc1ccc(OC(=O)C=Cc2ccc(OCC3CO3)c(F)c2)c(C(F)(F)F)c1. The van der Waals surface area contributed by atoms with E-state index >= 15 is 0 Å². The molecule has 2 heterocycles. The number of esters is 2. The van der Waals surface area contributed by atoms with Crippen molar-refractivity contribution >= 4 is 24.1 Å². The predicted molar refractivity (Wildman–Crippen MR) is 144 cm³/mol. The fourth-order valence-corrected chi connectivity index (χ4v) is 3.67. The van der Waals surface area contributed by atoms with Crippen molar-refractivity contribution in [3.63, 3.8) is 0 Å². The number of rotatable bonds is 12. The van der Waals surface area contributed by atoms with E-state index in [-0.39, 0.29) is 48.0 Å². The lowest BCUT2D eigenvalue weighted by molar-refractivity contribution is -0.141. The number of halogens is 5. The molecule has 230 valence electrons. The summed E-state index contributed by atoms with van der Waals surface area (Å²) >= 11 is 0. The molecule has 2 saturated heterocycles. The van der Waals surface area contributed by atoms with Crippen LogP contribution in [0, 0.1) is 11.6 Å². The summed E-state index contributed by atoms with van der Waals surface area (Å²) in [4.78, 5) is 24.5. The second-order valence-corrected chi connectivity index (χ2v) is 9.58. The predicted octanol–water partition coefficient (Wildman–Crippen LogP) is 5.78. The van der Waals surface area contributed by atoms with Gasteiger partial charge in [-0.25, -0.2) is 18.4 Å². The van der Waals surface area contributed by atoms with Gasteiger partial charge in [-0.2, -0.15) is 13.2 Å². The van der Waals surface area contributed by atoms with E-state index in [0.717, 1.165) is 42.5 Å². The molecular formula is C31H23F5O8. The summed E-state index contributed by atoms with van der Waals surface area (Å²) in [5.74, 6) is -4.91. The van der Waals surface area contributed by atoms with Crippen molar-refractivity contribution in [2.24, 2.45) is 0 Å². The Labute approximate surface area is 247 Å². The Hall–Kier alpha value is -4.75. The first kappa shape index (κ1) is 30.7. The van der Waals surface area contributed by atoms with Crippen molar-refractivity contribution < 1.29 is 60.0 Å². The lowest BCUT2D eigenvalue weighted by Gasteiger charge is -2.13. The summed E-state index contributed by atoms with van der Waals surface area (Å²) in [5.41, 5.74) is -0.872. The van der Waals surface area contributed by atoms with Crippen molar-refractivity contribution in [2.45, 2.75) is 18.4 Å². The number of carbonyl (C=O) groups is 2. The average Bonchev–Trinajstić information content (AvgIpc) is 3.90. The molecule has 0 aliphatic carbocycles. The van der Waals surface area contributed by atoms with Gasteiger partial charge in [-0.05, 0) is 65.7 Å². The molecule has 0 spiro atoms. The van der Waals surface area contributed by atoms with Crippen LogP contribution < -0.4 is 18.9 Å². The molecule has 2 aliphatic heterocycles. The van der Waals surface area contributed by atoms with Gasteiger partial charge in [0.2, 0.25) is 0 Å². The van der Waals surface area contributed by atoms with Gasteiger partial charge < -0.3 is 28.4 Å². The molecule has 5 rings (SSSR count). The van der Waals surface area contributed by atoms with E-state index in [9.17, 15) is 31.5 Å². The number of benzene rings is 3. The third-order valence-electron chi connectivity index (χ3n) is 6.08. The second kappa shape index (κ2) is 13.3. The van der Waals surface area contributed by atoms with E-state index < -0.39 is 46.8 Å². The van der Waals surface area contributed by atoms with E-state index in [2.05, 4.69) is 0 Å². The van der Waals surface area contributed by atoms with Crippen molar-refractivity contribution in [2.75, 3.05) is 26.4 Å². The van der Waals surface area contributed by atoms with Crippen LogP contribution in [0.3, 0.4) is 0 Å². The molecule has 13 heteroatoms. The van der Waals surface area contributed by atoms with Crippen molar-refractivity contribution in [3.8, 4) is 23.0 Å². The molecule has 0 saturated carbocycles. The van der Waals surface area contributed by atoms with E-state index in [0.29, 0.717) is 19.3 Å². The molecule has 3 aromatic rings. The Morgan fingerprint density at radius 1 is 0.727 bits per heavy atom. The molecule has 44 heavy (non-hydrogen) atoms. The number of ether oxygens (including phenoxy) is 6. The maximum atomic E-state index is 14.2. The van der Waals surface area contributed by atoms with Crippen LogP contribution in [0.4, 0.5) is 22.0 Å². The molecule has 0 aromatic heterocycles. The monoisotopic (exact) mass is 618 g/mol. The molecule has 0 amide bonds. The van der Waals surface area contributed by atoms with Gasteiger partial charge in [0.25, 0.3) is 0 Å². The number of epoxide rings is 2. The fraction of sp³-hybridized carbons (Fsp3) is 0.226. The Morgan fingerprint density at radius 3 is 1.66 bits per heavy atom. The molecule has 0 radical (unpaired) electrons. The highest BCUT2D eigenvalue weighted by atomic mass is 19.4. The summed E-state index contributed by atoms with van der Waals surface area (Å²) in [6, 6.07) is 10.1. The van der Waals surface area contributed by atoms with E-state index in [1.165, 1.54) is 30.3 Å². The third-order valence-corrected chi connectivity index (χ3v) is 6.08. The number of hydrogen-bond donors (Lipinski definition) is 0. The van der Waals surface area contributed by atoms with Crippen molar-refractivity contribution in [1.82, 2.24) is 0 Å². The Kier molecular flexibility index (Phi) is 9.26. The minimum atomic E-state index is -4.98. The van der Waals surface area contributed by atoms with Gasteiger partial charge in [0.05, 0.1) is 13.2 Å². The van der Waals surface area contributed by atoms with E-state index in [4.69, 9.17) is 28.4 Å². The van der Waals surface area contributed by atoms with Crippen LogP contribution in [-0.4, -0.2) is 50.6 Å². The van der Waals surface area contributed by atoms with Crippen LogP contribution in [0.5, 0.6) is 23.0 Å². The van der Waals surface area contributed by atoms with Crippen molar-refractivity contribution in [3.05, 3.63) is 95.1 Å². The standard InChI is InChI=1S/C31H23F5O8/c32-24-11-18(1-6-27(24)41-16-21-14-39-21)3-9-29(37)43-20-5-8-26(23(13-20)31(34,35)36)44-30(38)10-4-19-2-7-28(25(33)12-19)42-17-22-15-40-22/h1-13,21-22H,14-17H2. The largest absolute Gasteiger partial charge is 0.488 e. The number of carbonyl (C=O) groups excluding carboxylic acids is 2. The fourth-order valence-electron chi connectivity index (χ4n) is 3.67. The van der Waals surface area contributed by atoms with Gasteiger partial charge in [-0.15, -0.1) is 0 Å². The van der Waals surface area contributed by atoms with Crippen molar-refractivity contribution in [1.29, 1.82) is 0 Å². The Morgan fingerprint density at radius 2 is 1.20 bits per heavy atom. The first-order valence-electron chi connectivity index (χ1n) is 13.1. The zero-order valence-electron chi connectivity index (χ0n) is 22.6. The highest BCUT2D eigenvalue weighted by Crippen LogP contribution is 2.38. The minimum absolute atomic E-state index is 0.00416. The van der Waals surface area contributed by atoms with Gasteiger partial charge in [0.15, 0.2) is 23.1 Å². The summed E-state index contributed by atoms with van der Waals surface area (Å²) < 4.78 is 100.0. The Bertz CT molecular complexity index is 1590.